The zero-order valence-corrected chi connectivity index (χ0v) is 16.0. The van der Waals surface area contributed by atoms with Crippen LogP contribution in [-0.2, 0) is 9.53 Å². The quantitative estimate of drug-likeness (QED) is 0.642. The van der Waals surface area contributed by atoms with Crippen molar-refractivity contribution in [2.75, 3.05) is 11.9 Å². The van der Waals surface area contributed by atoms with E-state index < -0.39 is 11.9 Å². The van der Waals surface area contributed by atoms with Gasteiger partial charge in [-0.1, -0.05) is 11.6 Å². The van der Waals surface area contributed by atoms with E-state index in [-0.39, 0.29) is 6.61 Å². The van der Waals surface area contributed by atoms with Crippen molar-refractivity contribution in [2.24, 2.45) is 0 Å². The van der Waals surface area contributed by atoms with Crippen molar-refractivity contribution in [1.82, 2.24) is 0 Å². The Bertz CT molecular complexity index is 713. The molecule has 0 spiro atoms. The van der Waals surface area contributed by atoms with Crippen molar-refractivity contribution in [1.29, 1.82) is 0 Å². The van der Waals surface area contributed by atoms with E-state index in [1.165, 1.54) is 11.3 Å². The summed E-state index contributed by atoms with van der Waals surface area (Å²) in [7, 11) is 0. The first-order valence-corrected chi connectivity index (χ1v) is 8.83. The predicted octanol–water partition coefficient (Wildman–Crippen LogP) is 5.03. The van der Waals surface area contributed by atoms with Gasteiger partial charge in [0.05, 0.1) is 3.79 Å². The van der Waals surface area contributed by atoms with Crippen LogP contribution in [-0.4, -0.2) is 18.5 Å². The number of aryl methyl sites for hydroxylation is 1. The minimum atomic E-state index is -0.542. The Morgan fingerprint density at radius 1 is 1.32 bits per heavy atom. The van der Waals surface area contributed by atoms with Crippen molar-refractivity contribution in [3.63, 3.8) is 0 Å². The highest BCUT2D eigenvalue weighted by Crippen LogP contribution is 2.32. The maximum atomic E-state index is 11.8. The van der Waals surface area contributed by atoms with Crippen molar-refractivity contribution >= 4 is 72.4 Å². The van der Waals surface area contributed by atoms with Gasteiger partial charge in [0.2, 0.25) is 0 Å². The summed E-state index contributed by atoms with van der Waals surface area (Å²) in [6, 6.07) is 6.75. The molecule has 0 aliphatic heterocycles. The Kier molecular flexibility index (Phi) is 6.02. The van der Waals surface area contributed by atoms with Crippen LogP contribution in [0.1, 0.15) is 15.2 Å². The van der Waals surface area contributed by atoms with Crippen molar-refractivity contribution < 1.29 is 14.3 Å². The third-order valence-electron chi connectivity index (χ3n) is 2.64. The van der Waals surface area contributed by atoms with Crippen LogP contribution in [0.3, 0.4) is 0 Å². The second-order valence-electron chi connectivity index (χ2n) is 4.32. The van der Waals surface area contributed by atoms with Crippen molar-refractivity contribution in [2.45, 2.75) is 6.92 Å². The van der Waals surface area contributed by atoms with E-state index in [9.17, 15) is 9.59 Å². The molecular formula is C14H10Br2ClNO3S. The number of esters is 1. The smallest absolute Gasteiger partial charge is 0.348 e. The van der Waals surface area contributed by atoms with Crippen LogP contribution in [0.25, 0.3) is 0 Å². The van der Waals surface area contributed by atoms with Crippen molar-refractivity contribution in [3.8, 4) is 0 Å². The fraction of sp³-hybridized carbons (Fsp3) is 0.143. The molecular weight excluding hydrogens is 457 g/mol. The molecule has 2 rings (SSSR count). The van der Waals surface area contributed by atoms with E-state index in [4.69, 9.17) is 16.3 Å². The van der Waals surface area contributed by atoms with Gasteiger partial charge in [0.15, 0.2) is 6.61 Å². The fourth-order valence-corrected chi connectivity index (χ4v) is 3.76. The standard InChI is InChI=1S/C14H10Br2ClNO3S/c1-7-4-8(17)2-3-10(7)18-12(19)6-21-14(20)11-5-9(15)13(16)22-11/h2-5H,6H2,1H3,(H,18,19). The predicted molar refractivity (Wildman–Crippen MR) is 94.8 cm³/mol. The molecule has 0 aliphatic rings. The summed E-state index contributed by atoms with van der Waals surface area (Å²) in [6.45, 7) is 1.47. The SMILES string of the molecule is Cc1cc(Cl)ccc1NC(=O)COC(=O)c1cc(Br)c(Br)s1. The molecule has 0 aliphatic carbocycles. The Labute approximate surface area is 153 Å². The number of carbonyl (C=O) groups is 2. The highest BCUT2D eigenvalue weighted by molar-refractivity contribution is 9.13. The zero-order valence-electron chi connectivity index (χ0n) is 11.3. The summed E-state index contributed by atoms with van der Waals surface area (Å²) in [4.78, 5) is 24.1. The number of thiophene rings is 1. The average molecular weight is 468 g/mol. The van der Waals surface area contributed by atoms with E-state index in [1.54, 1.807) is 24.3 Å². The van der Waals surface area contributed by atoms with E-state index in [0.717, 1.165) is 13.8 Å². The van der Waals surface area contributed by atoms with Gasteiger partial charge >= 0.3 is 5.97 Å². The maximum Gasteiger partial charge on any atom is 0.348 e. The third-order valence-corrected chi connectivity index (χ3v) is 6.11. The number of amides is 1. The summed E-state index contributed by atoms with van der Waals surface area (Å²) in [6.07, 6.45) is 0. The van der Waals surface area contributed by atoms with Crippen LogP contribution in [0.15, 0.2) is 32.5 Å². The first-order valence-electron chi connectivity index (χ1n) is 6.05. The van der Waals surface area contributed by atoms with E-state index in [1.807, 2.05) is 6.92 Å². The van der Waals surface area contributed by atoms with Gasteiger partial charge in [-0.05, 0) is 68.6 Å². The van der Waals surface area contributed by atoms with Gasteiger partial charge in [-0.25, -0.2) is 4.79 Å². The Hall–Kier alpha value is -0.890. The Morgan fingerprint density at radius 3 is 2.64 bits per heavy atom. The lowest BCUT2D eigenvalue weighted by molar-refractivity contribution is -0.119. The molecule has 1 amide bonds. The molecule has 0 saturated carbocycles. The monoisotopic (exact) mass is 465 g/mol. The second-order valence-corrected chi connectivity index (χ2v) is 7.98. The Morgan fingerprint density at radius 2 is 2.05 bits per heavy atom. The average Bonchev–Trinajstić information content (AvgIpc) is 2.79. The number of carbonyl (C=O) groups excluding carboxylic acids is 2. The van der Waals surface area contributed by atoms with Crippen LogP contribution < -0.4 is 5.32 Å². The molecule has 0 bridgehead atoms. The zero-order chi connectivity index (χ0) is 16.3. The topological polar surface area (TPSA) is 55.4 Å². The number of hydrogen-bond donors (Lipinski definition) is 1. The maximum absolute atomic E-state index is 11.8. The van der Waals surface area contributed by atoms with Gasteiger partial charge in [-0.15, -0.1) is 11.3 Å². The van der Waals surface area contributed by atoms with Gasteiger partial charge in [-0.3, -0.25) is 4.79 Å². The van der Waals surface area contributed by atoms with Gasteiger partial charge < -0.3 is 10.1 Å². The highest BCUT2D eigenvalue weighted by Gasteiger charge is 2.15. The number of ether oxygens (including phenoxy) is 1. The van der Waals surface area contributed by atoms with Crippen LogP contribution in [0.4, 0.5) is 5.69 Å². The summed E-state index contributed by atoms with van der Waals surface area (Å²) < 4.78 is 6.55. The summed E-state index contributed by atoms with van der Waals surface area (Å²) in [5, 5.41) is 3.26. The molecule has 1 heterocycles. The molecule has 0 saturated heterocycles. The molecule has 116 valence electrons. The lowest BCUT2D eigenvalue weighted by Gasteiger charge is -2.08. The molecule has 0 atom stereocenters. The third kappa shape index (κ3) is 4.55. The summed E-state index contributed by atoms with van der Waals surface area (Å²) in [5.74, 6) is -0.951. The lowest BCUT2D eigenvalue weighted by Crippen LogP contribution is -2.21. The number of anilines is 1. The largest absolute Gasteiger partial charge is 0.451 e. The lowest BCUT2D eigenvalue weighted by atomic mass is 10.2. The number of rotatable bonds is 4. The van der Waals surface area contributed by atoms with Gasteiger partial charge in [0.25, 0.3) is 5.91 Å². The number of halogens is 3. The van der Waals surface area contributed by atoms with Crippen molar-refractivity contribution in [3.05, 3.63) is 48.0 Å². The molecule has 1 aromatic heterocycles. The van der Waals surface area contributed by atoms with E-state index in [2.05, 4.69) is 37.2 Å². The number of nitrogens with one attached hydrogen (secondary N) is 1. The molecule has 22 heavy (non-hydrogen) atoms. The minimum absolute atomic E-state index is 0.353. The molecule has 2 aromatic rings. The Balaban J connectivity index is 1.91. The van der Waals surface area contributed by atoms with E-state index in [0.29, 0.717) is 15.6 Å². The molecule has 0 fully saturated rings. The first-order chi connectivity index (χ1) is 10.4. The molecule has 0 unspecified atom stereocenters. The van der Waals surface area contributed by atoms with Crippen LogP contribution in [0.2, 0.25) is 5.02 Å². The fourth-order valence-electron chi connectivity index (χ4n) is 1.60. The van der Waals surface area contributed by atoms with Crippen LogP contribution in [0, 0.1) is 6.92 Å². The molecule has 1 aromatic carbocycles. The number of hydrogen-bond acceptors (Lipinski definition) is 4. The summed E-state index contributed by atoms with van der Waals surface area (Å²) >= 11 is 13.7. The van der Waals surface area contributed by atoms with Gasteiger partial charge in [0.1, 0.15) is 4.88 Å². The normalized spacial score (nSPS) is 10.4. The molecule has 1 N–H and O–H groups in total. The van der Waals surface area contributed by atoms with Gasteiger partial charge in [0, 0.05) is 15.2 Å². The van der Waals surface area contributed by atoms with Crippen LogP contribution >= 0.6 is 54.8 Å². The highest BCUT2D eigenvalue weighted by atomic mass is 79.9. The van der Waals surface area contributed by atoms with Gasteiger partial charge in [-0.2, -0.15) is 0 Å². The van der Waals surface area contributed by atoms with E-state index >= 15 is 0 Å². The second kappa shape index (κ2) is 7.59. The molecule has 8 heteroatoms. The summed E-state index contributed by atoms with van der Waals surface area (Å²) in [5.41, 5.74) is 1.46. The number of benzene rings is 1. The molecule has 0 radical (unpaired) electrons. The van der Waals surface area contributed by atoms with Crippen LogP contribution in [0.5, 0.6) is 0 Å². The molecule has 4 nitrogen and oxygen atoms in total. The first kappa shape index (κ1) is 17.5. The minimum Gasteiger partial charge on any atom is -0.451 e.